The highest BCUT2D eigenvalue weighted by Gasteiger charge is 2.30. The smallest absolute Gasteiger partial charge is 0.321 e. The molecule has 0 unspecified atom stereocenters. The zero-order chi connectivity index (χ0) is 18.8. The Morgan fingerprint density at radius 2 is 2.11 bits per heavy atom. The first-order chi connectivity index (χ1) is 13.2. The number of carbonyl (C=O) groups excluding carboxylic acids is 1. The van der Waals surface area contributed by atoms with Crippen molar-refractivity contribution in [1.82, 2.24) is 14.5 Å². The summed E-state index contributed by atoms with van der Waals surface area (Å²) in [5.41, 5.74) is 1.90. The number of aromatic nitrogens is 2. The largest absolute Gasteiger partial charge is 0.486 e. The number of rotatable bonds is 4. The van der Waals surface area contributed by atoms with E-state index in [1.165, 1.54) is 5.69 Å². The molecule has 2 aliphatic heterocycles. The SMILES string of the molecule is CCCn1c(C)cnc1[C@H]1CCN(C(=O)Nc2ccc3c(c2)OCCO3)C1. The molecule has 1 N–H and O–H groups in total. The van der Waals surface area contributed by atoms with Crippen molar-refractivity contribution >= 4 is 11.7 Å². The van der Waals surface area contributed by atoms with Gasteiger partial charge >= 0.3 is 6.03 Å². The van der Waals surface area contributed by atoms with Crippen LogP contribution in [0.3, 0.4) is 0 Å². The zero-order valence-corrected chi connectivity index (χ0v) is 15.9. The van der Waals surface area contributed by atoms with E-state index in [4.69, 9.17) is 9.47 Å². The second-order valence-corrected chi connectivity index (χ2v) is 7.13. The highest BCUT2D eigenvalue weighted by atomic mass is 16.6. The number of hydrogen-bond acceptors (Lipinski definition) is 4. The van der Waals surface area contributed by atoms with Crippen molar-refractivity contribution in [1.29, 1.82) is 0 Å². The monoisotopic (exact) mass is 370 g/mol. The fraction of sp³-hybridized carbons (Fsp3) is 0.500. The topological polar surface area (TPSA) is 68.6 Å². The third-order valence-corrected chi connectivity index (χ3v) is 5.17. The fourth-order valence-corrected chi connectivity index (χ4v) is 3.80. The van der Waals surface area contributed by atoms with E-state index in [0.717, 1.165) is 43.2 Å². The van der Waals surface area contributed by atoms with E-state index in [1.54, 1.807) is 0 Å². The van der Waals surface area contributed by atoms with Gasteiger partial charge in [-0.3, -0.25) is 0 Å². The summed E-state index contributed by atoms with van der Waals surface area (Å²) in [7, 11) is 0. The highest BCUT2D eigenvalue weighted by molar-refractivity contribution is 5.90. The van der Waals surface area contributed by atoms with Gasteiger partial charge in [0, 0.05) is 49.2 Å². The van der Waals surface area contributed by atoms with E-state index >= 15 is 0 Å². The Hall–Kier alpha value is -2.70. The normalized spacial score (nSPS) is 18.6. The minimum atomic E-state index is -0.0838. The molecule has 2 aliphatic rings. The summed E-state index contributed by atoms with van der Waals surface area (Å²) in [6, 6.07) is 5.41. The Kier molecular flexibility index (Phi) is 4.92. The molecule has 0 aliphatic carbocycles. The number of imidazole rings is 1. The number of anilines is 1. The van der Waals surface area contributed by atoms with Gasteiger partial charge in [-0.1, -0.05) is 6.92 Å². The van der Waals surface area contributed by atoms with Gasteiger partial charge in [0.2, 0.25) is 0 Å². The van der Waals surface area contributed by atoms with Crippen LogP contribution in [0.1, 0.15) is 37.2 Å². The van der Waals surface area contributed by atoms with Gasteiger partial charge in [0.1, 0.15) is 19.0 Å². The Bertz CT molecular complexity index is 833. The van der Waals surface area contributed by atoms with Gasteiger partial charge in [0.05, 0.1) is 0 Å². The molecule has 0 saturated carbocycles. The van der Waals surface area contributed by atoms with Crippen LogP contribution in [0.25, 0.3) is 0 Å². The maximum Gasteiger partial charge on any atom is 0.321 e. The van der Waals surface area contributed by atoms with Crippen LogP contribution >= 0.6 is 0 Å². The standard InChI is InChI=1S/C20H26N4O3/c1-3-7-24-14(2)12-21-19(24)15-6-8-23(13-15)20(25)22-16-4-5-17-18(11-16)27-10-9-26-17/h4-5,11-12,15H,3,6-10,13H2,1-2H3,(H,22,25)/t15-/m0/s1. The predicted octanol–water partition coefficient (Wildman–Crippen LogP) is 3.39. The van der Waals surface area contributed by atoms with Crippen LogP contribution in [0.4, 0.5) is 10.5 Å². The maximum atomic E-state index is 12.7. The molecule has 1 saturated heterocycles. The lowest BCUT2D eigenvalue weighted by atomic mass is 10.1. The summed E-state index contributed by atoms with van der Waals surface area (Å²) in [6.07, 6.45) is 3.95. The third-order valence-electron chi connectivity index (χ3n) is 5.17. The van der Waals surface area contributed by atoms with Crippen molar-refractivity contribution < 1.29 is 14.3 Å². The molecule has 1 atom stereocenters. The number of amides is 2. The van der Waals surface area contributed by atoms with Gasteiger partial charge in [0.15, 0.2) is 11.5 Å². The van der Waals surface area contributed by atoms with E-state index < -0.39 is 0 Å². The van der Waals surface area contributed by atoms with Gasteiger partial charge in [0.25, 0.3) is 0 Å². The van der Waals surface area contributed by atoms with Crippen LogP contribution < -0.4 is 14.8 Å². The summed E-state index contributed by atoms with van der Waals surface area (Å²) in [5.74, 6) is 2.79. The number of likely N-dealkylation sites (tertiary alicyclic amines) is 1. The summed E-state index contributed by atoms with van der Waals surface area (Å²) in [5, 5.41) is 2.98. The quantitative estimate of drug-likeness (QED) is 0.896. The number of aryl methyl sites for hydroxylation is 1. The molecule has 1 aromatic heterocycles. The van der Waals surface area contributed by atoms with Crippen LogP contribution in [0.5, 0.6) is 11.5 Å². The molecule has 3 heterocycles. The van der Waals surface area contributed by atoms with Crippen molar-refractivity contribution in [2.24, 2.45) is 0 Å². The van der Waals surface area contributed by atoms with E-state index in [1.807, 2.05) is 29.3 Å². The zero-order valence-electron chi connectivity index (χ0n) is 15.9. The van der Waals surface area contributed by atoms with Crippen molar-refractivity contribution in [2.75, 3.05) is 31.6 Å². The number of nitrogens with zero attached hydrogens (tertiary/aromatic N) is 3. The van der Waals surface area contributed by atoms with Crippen LogP contribution in [-0.4, -0.2) is 46.8 Å². The molecule has 1 aromatic carbocycles. The fourth-order valence-electron chi connectivity index (χ4n) is 3.80. The van der Waals surface area contributed by atoms with E-state index in [2.05, 4.69) is 28.7 Å². The van der Waals surface area contributed by atoms with E-state index in [0.29, 0.717) is 25.5 Å². The number of nitrogens with one attached hydrogen (secondary N) is 1. The lowest BCUT2D eigenvalue weighted by Gasteiger charge is -2.21. The molecule has 144 valence electrons. The summed E-state index contributed by atoms with van der Waals surface area (Å²) < 4.78 is 13.4. The van der Waals surface area contributed by atoms with E-state index in [9.17, 15) is 4.79 Å². The van der Waals surface area contributed by atoms with Gasteiger partial charge in [-0.25, -0.2) is 9.78 Å². The average Bonchev–Trinajstić information content (AvgIpc) is 3.30. The second-order valence-electron chi connectivity index (χ2n) is 7.13. The lowest BCUT2D eigenvalue weighted by Crippen LogP contribution is -2.33. The second kappa shape index (κ2) is 7.50. The van der Waals surface area contributed by atoms with Crippen LogP contribution in [0.15, 0.2) is 24.4 Å². The molecule has 27 heavy (non-hydrogen) atoms. The predicted molar refractivity (Wildman–Crippen MR) is 103 cm³/mol. The van der Waals surface area contributed by atoms with Gasteiger partial charge in [-0.15, -0.1) is 0 Å². The average molecular weight is 370 g/mol. The summed E-state index contributed by atoms with van der Waals surface area (Å²) >= 11 is 0. The van der Waals surface area contributed by atoms with Gasteiger partial charge in [-0.2, -0.15) is 0 Å². The lowest BCUT2D eigenvalue weighted by molar-refractivity contribution is 0.171. The number of ether oxygens (including phenoxy) is 2. The summed E-state index contributed by atoms with van der Waals surface area (Å²) in [4.78, 5) is 19.2. The molecule has 0 radical (unpaired) electrons. The minimum Gasteiger partial charge on any atom is -0.486 e. The van der Waals surface area contributed by atoms with Crippen LogP contribution in [0, 0.1) is 6.92 Å². The molecule has 0 bridgehead atoms. The van der Waals surface area contributed by atoms with Crippen molar-refractivity contribution in [3.05, 3.63) is 35.9 Å². The Balaban J connectivity index is 1.41. The van der Waals surface area contributed by atoms with Gasteiger partial charge in [-0.05, 0) is 31.9 Å². The molecule has 7 heteroatoms. The number of fused-ring (bicyclic) bond motifs is 1. The van der Waals surface area contributed by atoms with Crippen molar-refractivity contribution in [2.45, 2.75) is 39.2 Å². The summed E-state index contributed by atoms with van der Waals surface area (Å²) in [6.45, 7) is 7.75. The van der Waals surface area contributed by atoms with Crippen molar-refractivity contribution in [3.8, 4) is 11.5 Å². The van der Waals surface area contributed by atoms with Gasteiger partial charge < -0.3 is 24.3 Å². The maximum absolute atomic E-state index is 12.7. The third kappa shape index (κ3) is 3.59. The Morgan fingerprint density at radius 3 is 2.93 bits per heavy atom. The number of urea groups is 1. The van der Waals surface area contributed by atoms with Crippen molar-refractivity contribution in [3.63, 3.8) is 0 Å². The molecule has 1 fully saturated rings. The molecule has 0 spiro atoms. The number of hydrogen-bond donors (Lipinski definition) is 1. The number of carbonyl (C=O) groups is 1. The first-order valence-electron chi connectivity index (χ1n) is 9.63. The van der Waals surface area contributed by atoms with Crippen LogP contribution in [-0.2, 0) is 6.54 Å². The first-order valence-corrected chi connectivity index (χ1v) is 9.63. The Labute approximate surface area is 159 Å². The molecule has 2 aromatic rings. The van der Waals surface area contributed by atoms with E-state index in [-0.39, 0.29) is 11.9 Å². The molecule has 7 nitrogen and oxygen atoms in total. The van der Waals surface area contributed by atoms with Crippen LogP contribution in [0.2, 0.25) is 0 Å². The highest BCUT2D eigenvalue weighted by Crippen LogP contribution is 2.33. The molecular weight excluding hydrogens is 344 g/mol. The molecule has 4 rings (SSSR count). The Morgan fingerprint density at radius 1 is 1.30 bits per heavy atom. The minimum absolute atomic E-state index is 0.0838. The first kappa shape index (κ1) is 17.7. The molecule has 2 amide bonds. The number of benzene rings is 1. The molecular formula is C20H26N4O3.